The molecule has 2 aromatic rings. The maximum atomic E-state index is 13.4. The van der Waals surface area contributed by atoms with Crippen LogP contribution >= 0.6 is 0 Å². The molecule has 0 N–H and O–H groups in total. The molecule has 1 atom stereocenters. The number of amides is 2. The number of hydrogen-bond acceptors (Lipinski definition) is 4. The highest BCUT2D eigenvalue weighted by Crippen LogP contribution is 2.39. The molecule has 2 aromatic carbocycles. The van der Waals surface area contributed by atoms with Gasteiger partial charge in [0.1, 0.15) is 11.5 Å². The van der Waals surface area contributed by atoms with E-state index in [1.54, 1.807) is 14.2 Å². The third kappa shape index (κ3) is 3.99. The van der Waals surface area contributed by atoms with Gasteiger partial charge in [0.15, 0.2) is 0 Å². The number of ether oxygens (including phenoxy) is 2. The molecule has 2 aliphatic heterocycles. The van der Waals surface area contributed by atoms with Crippen LogP contribution in [0.2, 0.25) is 0 Å². The monoisotopic (exact) mass is 408 g/mol. The highest BCUT2D eigenvalue weighted by molar-refractivity contribution is 5.95. The predicted molar refractivity (Wildman–Crippen MR) is 114 cm³/mol. The van der Waals surface area contributed by atoms with E-state index in [1.165, 1.54) is 0 Å². The molecule has 4 rings (SSSR count). The zero-order chi connectivity index (χ0) is 21.1. The zero-order valence-electron chi connectivity index (χ0n) is 17.6. The highest BCUT2D eigenvalue weighted by Gasteiger charge is 2.33. The average Bonchev–Trinajstić information content (AvgIpc) is 3.42. The molecule has 6 nitrogen and oxygen atoms in total. The summed E-state index contributed by atoms with van der Waals surface area (Å²) < 4.78 is 11.0. The number of likely N-dealkylation sites (tertiary alicyclic amines) is 2. The molecule has 2 amide bonds. The first kappa shape index (κ1) is 20.3. The van der Waals surface area contributed by atoms with E-state index in [9.17, 15) is 9.59 Å². The lowest BCUT2D eigenvalue weighted by molar-refractivity contribution is -0.128. The van der Waals surface area contributed by atoms with E-state index < -0.39 is 0 Å². The number of benzene rings is 2. The molecular weight excluding hydrogens is 380 g/mol. The summed E-state index contributed by atoms with van der Waals surface area (Å²) in [5.74, 6) is 1.72. The summed E-state index contributed by atoms with van der Waals surface area (Å²) in [5.41, 5.74) is 2.63. The van der Waals surface area contributed by atoms with Crippen molar-refractivity contribution < 1.29 is 19.1 Å². The molecule has 6 heteroatoms. The van der Waals surface area contributed by atoms with Gasteiger partial charge in [-0.2, -0.15) is 0 Å². The second-order valence-corrected chi connectivity index (χ2v) is 7.88. The number of nitrogens with zero attached hydrogens (tertiary/aromatic N) is 2. The summed E-state index contributed by atoms with van der Waals surface area (Å²) in [6, 6.07) is 13.3. The van der Waals surface area contributed by atoms with E-state index in [2.05, 4.69) is 0 Å². The number of hydrogen-bond donors (Lipinski definition) is 0. The topological polar surface area (TPSA) is 59.1 Å². The lowest BCUT2D eigenvalue weighted by Crippen LogP contribution is -2.31. The van der Waals surface area contributed by atoms with Crippen LogP contribution < -0.4 is 9.47 Å². The smallest absolute Gasteiger partial charge is 0.254 e. The first-order chi connectivity index (χ1) is 14.6. The van der Waals surface area contributed by atoms with Gasteiger partial charge < -0.3 is 19.3 Å². The van der Waals surface area contributed by atoms with Gasteiger partial charge in [-0.1, -0.05) is 12.1 Å². The summed E-state index contributed by atoms with van der Waals surface area (Å²) in [7, 11) is 3.29. The van der Waals surface area contributed by atoms with Crippen molar-refractivity contribution in [3.63, 3.8) is 0 Å². The lowest BCUT2D eigenvalue weighted by Gasteiger charge is -2.27. The molecule has 1 unspecified atom stereocenters. The van der Waals surface area contributed by atoms with Crippen molar-refractivity contribution in [1.29, 1.82) is 0 Å². The van der Waals surface area contributed by atoms with Gasteiger partial charge >= 0.3 is 0 Å². The largest absolute Gasteiger partial charge is 0.497 e. The standard InChI is InChI=1S/C24H28N2O4/c1-29-19-10-11-22(30-2)20(15-19)21-8-4-13-26(21)24(28)18-7-3-6-17(14-18)16-25-12-5-9-23(25)27/h3,6-7,10-11,14-15,21H,4-5,8-9,12-13,16H2,1-2H3. The fourth-order valence-corrected chi connectivity index (χ4v) is 4.49. The van der Waals surface area contributed by atoms with Crippen molar-refractivity contribution in [3.05, 3.63) is 59.2 Å². The summed E-state index contributed by atoms with van der Waals surface area (Å²) >= 11 is 0. The van der Waals surface area contributed by atoms with Crippen LogP contribution in [0.1, 0.15) is 53.2 Å². The van der Waals surface area contributed by atoms with Crippen molar-refractivity contribution in [2.75, 3.05) is 27.3 Å². The van der Waals surface area contributed by atoms with Gasteiger partial charge in [0.05, 0.1) is 20.3 Å². The Bertz CT molecular complexity index is 943. The number of methoxy groups -OCH3 is 2. The summed E-state index contributed by atoms with van der Waals surface area (Å²) in [4.78, 5) is 29.2. The van der Waals surface area contributed by atoms with Gasteiger partial charge in [0.25, 0.3) is 5.91 Å². The van der Waals surface area contributed by atoms with Crippen molar-refractivity contribution in [1.82, 2.24) is 9.80 Å². The van der Waals surface area contributed by atoms with E-state index in [0.717, 1.165) is 48.4 Å². The number of rotatable bonds is 6. The van der Waals surface area contributed by atoms with Crippen LogP contribution in [0.4, 0.5) is 0 Å². The Morgan fingerprint density at radius 1 is 1.07 bits per heavy atom. The Kier molecular flexibility index (Phi) is 5.93. The van der Waals surface area contributed by atoms with E-state index >= 15 is 0 Å². The van der Waals surface area contributed by atoms with Gasteiger partial charge in [-0.25, -0.2) is 0 Å². The molecule has 2 saturated heterocycles. The molecule has 0 aromatic heterocycles. The van der Waals surface area contributed by atoms with Crippen LogP contribution in [0.3, 0.4) is 0 Å². The quantitative estimate of drug-likeness (QED) is 0.729. The molecule has 0 radical (unpaired) electrons. The first-order valence-electron chi connectivity index (χ1n) is 10.5. The van der Waals surface area contributed by atoms with E-state index in [0.29, 0.717) is 25.1 Å². The minimum Gasteiger partial charge on any atom is -0.497 e. The fourth-order valence-electron chi connectivity index (χ4n) is 4.49. The summed E-state index contributed by atoms with van der Waals surface area (Å²) in [6.07, 6.45) is 3.36. The van der Waals surface area contributed by atoms with Gasteiger partial charge in [0.2, 0.25) is 5.91 Å². The van der Waals surface area contributed by atoms with Crippen LogP contribution in [0.15, 0.2) is 42.5 Å². The van der Waals surface area contributed by atoms with Gasteiger partial charge in [-0.15, -0.1) is 0 Å². The molecule has 158 valence electrons. The second kappa shape index (κ2) is 8.78. The third-order valence-electron chi connectivity index (χ3n) is 6.03. The average molecular weight is 408 g/mol. The minimum absolute atomic E-state index is 0.0111. The maximum absolute atomic E-state index is 13.4. The Morgan fingerprint density at radius 3 is 2.67 bits per heavy atom. The Labute approximate surface area is 177 Å². The van der Waals surface area contributed by atoms with Gasteiger partial charge in [0, 0.05) is 37.2 Å². The predicted octanol–water partition coefficient (Wildman–Crippen LogP) is 3.80. The number of carbonyl (C=O) groups excluding carboxylic acids is 2. The van der Waals surface area contributed by atoms with Crippen LogP contribution in [-0.2, 0) is 11.3 Å². The van der Waals surface area contributed by atoms with Crippen LogP contribution in [-0.4, -0.2) is 48.9 Å². The van der Waals surface area contributed by atoms with Crippen LogP contribution in [0.5, 0.6) is 11.5 Å². The van der Waals surface area contributed by atoms with Crippen LogP contribution in [0.25, 0.3) is 0 Å². The Balaban J connectivity index is 1.57. The van der Waals surface area contributed by atoms with Crippen molar-refractivity contribution in [2.24, 2.45) is 0 Å². The molecule has 0 aliphatic carbocycles. The lowest BCUT2D eigenvalue weighted by atomic mass is 10.0. The zero-order valence-corrected chi connectivity index (χ0v) is 17.6. The van der Waals surface area contributed by atoms with E-state index in [-0.39, 0.29) is 17.9 Å². The SMILES string of the molecule is COc1ccc(OC)c(C2CCCN2C(=O)c2cccc(CN3CCCC3=O)c2)c1. The maximum Gasteiger partial charge on any atom is 0.254 e. The molecule has 2 fully saturated rings. The third-order valence-corrected chi connectivity index (χ3v) is 6.03. The minimum atomic E-state index is -0.0497. The van der Waals surface area contributed by atoms with E-state index in [4.69, 9.17) is 9.47 Å². The molecule has 0 bridgehead atoms. The normalized spacial score (nSPS) is 18.7. The fraction of sp³-hybridized carbons (Fsp3) is 0.417. The summed E-state index contributed by atoms with van der Waals surface area (Å²) in [6.45, 7) is 2.06. The molecule has 0 spiro atoms. The van der Waals surface area contributed by atoms with Gasteiger partial charge in [-0.3, -0.25) is 9.59 Å². The van der Waals surface area contributed by atoms with Gasteiger partial charge in [-0.05, 0) is 55.2 Å². The first-order valence-corrected chi connectivity index (χ1v) is 10.5. The molecule has 2 aliphatic rings. The molecule has 30 heavy (non-hydrogen) atoms. The summed E-state index contributed by atoms with van der Waals surface area (Å²) in [5, 5.41) is 0. The number of carbonyl (C=O) groups is 2. The van der Waals surface area contributed by atoms with E-state index in [1.807, 2.05) is 52.3 Å². The van der Waals surface area contributed by atoms with Crippen molar-refractivity contribution >= 4 is 11.8 Å². The second-order valence-electron chi connectivity index (χ2n) is 7.88. The van der Waals surface area contributed by atoms with Crippen molar-refractivity contribution in [2.45, 2.75) is 38.3 Å². The Hall–Kier alpha value is -3.02. The molecule has 2 heterocycles. The van der Waals surface area contributed by atoms with Crippen molar-refractivity contribution in [3.8, 4) is 11.5 Å². The molecular formula is C24H28N2O4. The molecule has 0 saturated carbocycles. The van der Waals surface area contributed by atoms with Crippen LogP contribution in [0, 0.1) is 0 Å². The Morgan fingerprint density at radius 2 is 1.93 bits per heavy atom. The highest BCUT2D eigenvalue weighted by atomic mass is 16.5.